The van der Waals surface area contributed by atoms with Crippen molar-refractivity contribution >= 4 is 11.9 Å². The number of carbonyl (C=O) groups excluding carboxylic acids is 2. The molecule has 0 fully saturated rings. The van der Waals surface area contributed by atoms with Crippen LogP contribution in [0.2, 0.25) is 0 Å². The first-order valence-electron chi connectivity index (χ1n) is 29.8. The number of hydrogen-bond acceptors (Lipinski definition) is 5. The number of aliphatic hydroxyl groups excluding tert-OH is 2. The van der Waals surface area contributed by atoms with Gasteiger partial charge in [0.15, 0.2) is 0 Å². The molecule has 6 heteroatoms. The van der Waals surface area contributed by atoms with Crippen molar-refractivity contribution in [3.05, 3.63) is 36.5 Å². The van der Waals surface area contributed by atoms with Crippen LogP contribution in [0.4, 0.5) is 0 Å². The largest absolute Gasteiger partial charge is 0.466 e. The average Bonchev–Trinajstić information content (AvgIpc) is 3.33. The fraction of sp³-hybridized carbons (Fsp3) is 0.869. The summed E-state index contributed by atoms with van der Waals surface area (Å²) in [6.07, 6.45) is 70.4. The Morgan fingerprint density at radius 3 is 1.13 bits per heavy atom. The third-order valence-electron chi connectivity index (χ3n) is 13.7. The van der Waals surface area contributed by atoms with Crippen LogP contribution in [-0.4, -0.2) is 47.4 Å². The Labute approximate surface area is 417 Å². The van der Waals surface area contributed by atoms with E-state index in [0.717, 1.165) is 57.8 Å². The second-order valence-electron chi connectivity index (χ2n) is 20.3. The molecule has 0 spiro atoms. The molecule has 6 nitrogen and oxygen atoms in total. The number of rotatable bonds is 55. The number of aliphatic hydroxyl groups is 2. The highest BCUT2D eigenvalue weighted by Gasteiger charge is 2.18. The first kappa shape index (κ1) is 65.1. The number of carbonyl (C=O) groups is 2. The summed E-state index contributed by atoms with van der Waals surface area (Å²) in [6, 6.07) is -0.634. The van der Waals surface area contributed by atoms with Crippen LogP contribution in [0.5, 0.6) is 0 Å². The molecule has 0 aliphatic heterocycles. The maximum absolute atomic E-state index is 12.4. The van der Waals surface area contributed by atoms with Gasteiger partial charge in [0.05, 0.1) is 25.4 Å². The van der Waals surface area contributed by atoms with E-state index < -0.39 is 12.1 Å². The Morgan fingerprint density at radius 1 is 0.418 bits per heavy atom. The Morgan fingerprint density at radius 2 is 0.746 bits per heavy atom. The lowest BCUT2D eigenvalue weighted by Crippen LogP contribution is -2.45. The van der Waals surface area contributed by atoms with E-state index in [1.807, 2.05) is 6.08 Å². The van der Waals surface area contributed by atoms with Crippen LogP contribution in [0.25, 0.3) is 0 Å². The molecule has 1 amide bonds. The molecular formula is C61H115NO5. The molecule has 0 bridgehead atoms. The van der Waals surface area contributed by atoms with Crippen LogP contribution in [0.1, 0.15) is 316 Å². The van der Waals surface area contributed by atoms with E-state index >= 15 is 0 Å². The van der Waals surface area contributed by atoms with Gasteiger partial charge >= 0.3 is 5.97 Å². The zero-order chi connectivity index (χ0) is 48.6. The highest BCUT2D eigenvalue weighted by Crippen LogP contribution is 2.16. The fourth-order valence-electron chi connectivity index (χ4n) is 9.08. The van der Waals surface area contributed by atoms with Gasteiger partial charge in [0.2, 0.25) is 5.91 Å². The Kier molecular flexibility index (Phi) is 55.0. The van der Waals surface area contributed by atoms with E-state index in [1.54, 1.807) is 6.08 Å². The molecule has 0 saturated heterocycles. The van der Waals surface area contributed by atoms with Crippen molar-refractivity contribution in [1.82, 2.24) is 5.32 Å². The molecule has 0 rings (SSSR count). The third kappa shape index (κ3) is 53.3. The molecule has 2 unspecified atom stereocenters. The summed E-state index contributed by atoms with van der Waals surface area (Å²) in [5.74, 6) is -0.0699. The Bertz CT molecular complexity index is 1090. The average molecular weight is 943 g/mol. The van der Waals surface area contributed by atoms with Gasteiger partial charge in [-0.15, -0.1) is 0 Å². The maximum atomic E-state index is 12.4. The van der Waals surface area contributed by atoms with Gasteiger partial charge in [-0.1, -0.05) is 275 Å². The molecular weight excluding hydrogens is 827 g/mol. The van der Waals surface area contributed by atoms with Crippen molar-refractivity contribution < 1.29 is 24.5 Å². The summed E-state index contributed by atoms with van der Waals surface area (Å²) in [6.45, 7) is 4.89. The first-order chi connectivity index (χ1) is 33.0. The quantitative estimate of drug-likeness (QED) is 0.0321. The van der Waals surface area contributed by atoms with Gasteiger partial charge < -0.3 is 20.3 Å². The summed E-state index contributed by atoms with van der Waals surface area (Å²) >= 11 is 0. The highest BCUT2D eigenvalue weighted by atomic mass is 16.5. The molecule has 0 aliphatic rings. The minimum absolute atomic E-state index is 0.00971. The van der Waals surface area contributed by atoms with E-state index in [1.165, 1.54) is 231 Å². The Hall–Kier alpha value is -1.92. The molecule has 0 radical (unpaired) electrons. The van der Waals surface area contributed by atoms with E-state index in [-0.39, 0.29) is 18.5 Å². The van der Waals surface area contributed by atoms with Gasteiger partial charge in [0, 0.05) is 12.8 Å². The predicted octanol–water partition coefficient (Wildman–Crippen LogP) is 18.4. The monoisotopic (exact) mass is 942 g/mol. The van der Waals surface area contributed by atoms with Gasteiger partial charge in [0.25, 0.3) is 0 Å². The number of ether oxygens (including phenoxy) is 1. The van der Waals surface area contributed by atoms with Crippen molar-refractivity contribution in [3.63, 3.8) is 0 Å². The standard InChI is InChI=1S/C61H115NO5/c1-3-5-7-9-11-13-15-16-17-28-31-35-39-43-47-51-55-61(66)67-56-52-48-44-40-36-32-29-26-24-22-20-18-19-21-23-25-27-30-34-38-42-46-50-54-60(65)62-58(57-63)59(64)53-49-45-41-37-33-14-12-10-8-6-4-2/h18,20-21,23,49,53,58-59,63-64H,3-17,19,22,24-48,50-52,54-57H2,1-2H3,(H,62,65)/b20-18-,23-21-,53-49+. The first-order valence-corrected chi connectivity index (χ1v) is 29.8. The SMILES string of the molecule is CCCCCCCCCCC/C=C/C(O)C(CO)NC(=O)CCCCCCCCC/C=C\C/C=C\CCCCCCCCCCCOC(=O)CCCCCCCCCCCCCCCCCC. The second-order valence-corrected chi connectivity index (χ2v) is 20.3. The third-order valence-corrected chi connectivity index (χ3v) is 13.7. The molecule has 0 aromatic rings. The smallest absolute Gasteiger partial charge is 0.305 e. The van der Waals surface area contributed by atoms with Crippen LogP contribution in [0, 0.1) is 0 Å². The van der Waals surface area contributed by atoms with E-state index in [2.05, 4.69) is 43.5 Å². The molecule has 0 aliphatic carbocycles. The summed E-state index contributed by atoms with van der Waals surface area (Å²) in [5.41, 5.74) is 0. The second kappa shape index (κ2) is 56.7. The minimum atomic E-state index is -0.849. The number of esters is 1. The molecule has 0 heterocycles. The van der Waals surface area contributed by atoms with Crippen molar-refractivity contribution in [2.24, 2.45) is 0 Å². The number of unbranched alkanes of at least 4 members (excludes halogenated alkanes) is 40. The van der Waals surface area contributed by atoms with Crippen LogP contribution in [0.15, 0.2) is 36.5 Å². The molecule has 0 aromatic heterocycles. The zero-order valence-electron chi connectivity index (χ0n) is 44.9. The summed E-state index contributed by atoms with van der Waals surface area (Å²) in [7, 11) is 0. The lowest BCUT2D eigenvalue weighted by Gasteiger charge is -2.20. The molecule has 3 N–H and O–H groups in total. The van der Waals surface area contributed by atoms with Crippen molar-refractivity contribution in [1.29, 1.82) is 0 Å². The van der Waals surface area contributed by atoms with Crippen LogP contribution in [-0.2, 0) is 14.3 Å². The van der Waals surface area contributed by atoms with E-state index in [4.69, 9.17) is 4.74 Å². The minimum Gasteiger partial charge on any atom is -0.466 e. The van der Waals surface area contributed by atoms with Crippen LogP contribution in [0.3, 0.4) is 0 Å². The van der Waals surface area contributed by atoms with Crippen molar-refractivity contribution in [2.75, 3.05) is 13.2 Å². The van der Waals surface area contributed by atoms with Gasteiger partial charge in [-0.25, -0.2) is 0 Å². The van der Waals surface area contributed by atoms with Gasteiger partial charge in [-0.3, -0.25) is 9.59 Å². The topological polar surface area (TPSA) is 95.9 Å². The number of allylic oxidation sites excluding steroid dienone is 5. The summed E-state index contributed by atoms with van der Waals surface area (Å²) in [4.78, 5) is 24.5. The molecule has 2 atom stereocenters. The van der Waals surface area contributed by atoms with E-state index in [0.29, 0.717) is 19.4 Å². The van der Waals surface area contributed by atoms with Crippen LogP contribution < -0.4 is 5.32 Å². The normalized spacial score (nSPS) is 12.8. The molecule has 67 heavy (non-hydrogen) atoms. The highest BCUT2D eigenvalue weighted by molar-refractivity contribution is 5.76. The molecule has 0 aromatic carbocycles. The van der Waals surface area contributed by atoms with Crippen LogP contribution >= 0.6 is 0 Å². The predicted molar refractivity (Wildman–Crippen MR) is 292 cm³/mol. The van der Waals surface area contributed by atoms with Gasteiger partial charge in [-0.05, 0) is 64.2 Å². The lowest BCUT2D eigenvalue weighted by atomic mass is 10.0. The van der Waals surface area contributed by atoms with E-state index in [9.17, 15) is 19.8 Å². The number of nitrogens with one attached hydrogen (secondary N) is 1. The van der Waals surface area contributed by atoms with Gasteiger partial charge in [0.1, 0.15) is 0 Å². The molecule has 0 saturated carbocycles. The van der Waals surface area contributed by atoms with Crippen molar-refractivity contribution in [2.45, 2.75) is 328 Å². The summed E-state index contributed by atoms with van der Waals surface area (Å²) < 4.78 is 5.49. The maximum Gasteiger partial charge on any atom is 0.305 e. The van der Waals surface area contributed by atoms with Crippen molar-refractivity contribution in [3.8, 4) is 0 Å². The Balaban J connectivity index is 3.44. The number of hydrogen-bond donors (Lipinski definition) is 3. The lowest BCUT2D eigenvalue weighted by molar-refractivity contribution is -0.143. The zero-order valence-corrected chi connectivity index (χ0v) is 44.9. The summed E-state index contributed by atoms with van der Waals surface area (Å²) in [5, 5.41) is 23.0. The number of amides is 1. The molecule has 394 valence electrons. The fourth-order valence-corrected chi connectivity index (χ4v) is 9.08. The van der Waals surface area contributed by atoms with Gasteiger partial charge in [-0.2, -0.15) is 0 Å².